The summed E-state index contributed by atoms with van der Waals surface area (Å²) in [4.78, 5) is 39.5. The maximum Gasteiger partial charge on any atom is 0.293 e. The van der Waals surface area contributed by atoms with Gasteiger partial charge in [-0.2, -0.15) is 0 Å². The second-order valence-corrected chi connectivity index (χ2v) is 10.8. The average Bonchev–Trinajstić information content (AvgIpc) is 3.14. The lowest BCUT2D eigenvalue weighted by atomic mass is 10.1. The van der Waals surface area contributed by atoms with E-state index in [0.717, 1.165) is 38.5 Å². The Morgan fingerprint density at radius 1 is 1.00 bits per heavy atom. The molecule has 0 aromatic heterocycles. The second-order valence-electron chi connectivity index (χ2n) is 8.92. The van der Waals surface area contributed by atoms with E-state index in [-0.39, 0.29) is 30.2 Å². The standard InChI is InChI=1S/C29H27BrN2O5S/c1-17-5-7-20(8-6-17)15-32-28(34)26(38-29(32)35)14-21-9-10-24(25(13-21)36-4)37-16-27(33)31-23-12-19(3)18(2)11-22(23)30/h5-14H,15-16H2,1-4H3,(H,31,33)/b26-14-. The highest BCUT2D eigenvalue weighted by Gasteiger charge is 2.35. The van der Waals surface area contributed by atoms with Crippen molar-refractivity contribution in [2.45, 2.75) is 27.3 Å². The number of rotatable bonds is 8. The molecule has 4 rings (SSSR count). The van der Waals surface area contributed by atoms with E-state index in [4.69, 9.17) is 9.47 Å². The number of halogens is 1. The van der Waals surface area contributed by atoms with Gasteiger partial charge in [-0.05, 0) is 101 Å². The number of imide groups is 1. The number of carbonyl (C=O) groups excluding carboxylic acids is 3. The largest absolute Gasteiger partial charge is 0.493 e. The number of nitrogens with zero attached hydrogens (tertiary/aromatic N) is 1. The molecule has 0 bridgehead atoms. The quantitative estimate of drug-likeness (QED) is 0.294. The van der Waals surface area contributed by atoms with Gasteiger partial charge in [-0.15, -0.1) is 0 Å². The van der Waals surface area contributed by atoms with E-state index in [1.807, 2.05) is 57.2 Å². The summed E-state index contributed by atoms with van der Waals surface area (Å²) >= 11 is 4.38. The van der Waals surface area contributed by atoms with Gasteiger partial charge >= 0.3 is 0 Å². The van der Waals surface area contributed by atoms with Gasteiger partial charge in [0.15, 0.2) is 18.1 Å². The molecule has 1 fully saturated rings. The minimum atomic E-state index is -0.339. The molecule has 3 amide bonds. The van der Waals surface area contributed by atoms with Crippen LogP contribution in [0.1, 0.15) is 27.8 Å². The van der Waals surface area contributed by atoms with E-state index in [2.05, 4.69) is 21.2 Å². The molecule has 1 saturated heterocycles. The predicted octanol–water partition coefficient (Wildman–Crippen LogP) is 6.64. The molecule has 3 aromatic carbocycles. The molecule has 0 saturated carbocycles. The number of thioether (sulfide) groups is 1. The first kappa shape index (κ1) is 27.5. The average molecular weight is 596 g/mol. The van der Waals surface area contributed by atoms with Crippen LogP contribution in [0.2, 0.25) is 0 Å². The van der Waals surface area contributed by atoms with Crippen LogP contribution in [0.4, 0.5) is 10.5 Å². The summed E-state index contributed by atoms with van der Waals surface area (Å²) in [6.45, 7) is 5.97. The topological polar surface area (TPSA) is 84.9 Å². The fraction of sp³-hybridized carbons (Fsp3) is 0.207. The molecule has 0 atom stereocenters. The third-order valence-corrected chi connectivity index (χ3v) is 7.60. The number of aryl methyl sites for hydroxylation is 3. The summed E-state index contributed by atoms with van der Waals surface area (Å²) in [5.41, 5.74) is 5.51. The smallest absolute Gasteiger partial charge is 0.293 e. The Morgan fingerprint density at radius 2 is 1.71 bits per heavy atom. The molecule has 196 valence electrons. The van der Waals surface area contributed by atoms with Gasteiger partial charge in [-0.1, -0.05) is 35.9 Å². The molecule has 0 aliphatic carbocycles. The van der Waals surface area contributed by atoms with Crippen LogP contribution in [0.5, 0.6) is 11.5 Å². The summed E-state index contributed by atoms with van der Waals surface area (Å²) in [6, 6.07) is 16.7. The van der Waals surface area contributed by atoms with Crippen LogP contribution >= 0.6 is 27.7 Å². The summed E-state index contributed by atoms with van der Waals surface area (Å²) in [6.07, 6.45) is 1.65. The number of ether oxygens (including phenoxy) is 2. The predicted molar refractivity (Wildman–Crippen MR) is 153 cm³/mol. The zero-order valence-electron chi connectivity index (χ0n) is 21.5. The maximum atomic E-state index is 12.9. The summed E-state index contributed by atoms with van der Waals surface area (Å²) in [5.74, 6) is 0.126. The summed E-state index contributed by atoms with van der Waals surface area (Å²) in [5, 5.41) is 2.53. The molecule has 38 heavy (non-hydrogen) atoms. The number of methoxy groups -OCH3 is 1. The van der Waals surface area contributed by atoms with E-state index in [1.165, 1.54) is 12.0 Å². The third kappa shape index (κ3) is 6.46. The lowest BCUT2D eigenvalue weighted by Gasteiger charge is -2.13. The van der Waals surface area contributed by atoms with Crippen LogP contribution in [0.3, 0.4) is 0 Å². The molecule has 1 aliphatic heterocycles. The second kappa shape index (κ2) is 11.9. The van der Waals surface area contributed by atoms with E-state index >= 15 is 0 Å². The summed E-state index contributed by atoms with van der Waals surface area (Å²) in [7, 11) is 1.49. The number of hydrogen-bond acceptors (Lipinski definition) is 6. The van der Waals surface area contributed by atoms with Crippen molar-refractivity contribution in [1.29, 1.82) is 0 Å². The number of amides is 3. The summed E-state index contributed by atoms with van der Waals surface area (Å²) < 4.78 is 11.9. The van der Waals surface area contributed by atoms with Crippen molar-refractivity contribution in [2.24, 2.45) is 0 Å². The van der Waals surface area contributed by atoms with Crippen molar-refractivity contribution in [2.75, 3.05) is 19.0 Å². The van der Waals surface area contributed by atoms with Crippen LogP contribution in [-0.4, -0.2) is 35.7 Å². The first-order valence-electron chi connectivity index (χ1n) is 11.8. The van der Waals surface area contributed by atoms with Crippen LogP contribution < -0.4 is 14.8 Å². The van der Waals surface area contributed by atoms with Crippen molar-refractivity contribution >= 4 is 56.5 Å². The number of nitrogens with one attached hydrogen (secondary N) is 1. The number of carbonyl (C=O) groups is 3. The van der Waals surface area contributed by atoms with Gasteiger partial charge < -0.3 is 14.8 Å². The SMILES string of the molecule is COc1cc(/C=C2\SC(=O)N(Cc3ccc(C)cc3)C2=O)ccc1OCC(=O)Nc1cc(C)c(C)cc1Br. The zero-order valence-corrected chi connectivity index (χ0v) is 23.9. The van der Waals surface area contributed by atoms with Gasteiger partial charge in [-0.3, -0.25) is 19.3 Å². The number of benzene rings is 3. The minimum Gasteiger partial charge on any atom is -0.493 e. The zero-order chi connectivity index (χ0) is 27.4. The number of anilines is 1. The molecule has 0 spiro atoms. The lowest BCUT2D eigenvalue weighted by Crippen LogP contribution is -2.27. The monoisotopic (exact) mass is 594 g/mol. The molecule has 3 aromatic rings. The van der Waals surface area contributed by atoms with Crippen LogP contribution in [-0.2, 0) is 16.1 Å². The molecule has 0 radical (unpaired) electrons. The Bertz CT molecular complexity index is 1440. The fourth-order valence-electron chi connectivity index (χ4n) is 3.76. The molecule has 0 unspecified atom stereocenters. The third-order valence-electron chi connectivity index (χ3n) is 6.04. The van der Waals surface area contributed by atoms with Crippen molar-refractivity contribution in [3.63, 3.8) is 0 Å². The van der Waals surface area contributed by atoms with E-state index in [1.54, 1.807) is 24.3 Å². The van der Waals surface area contributed by atoms with Crippen LogP contribution in [0.15, 0.2) is 64.0 Å². The Hall–Kier alpha value is -3.56. The van der Waals surface area contributed by atoms with Gasteiger partial charge in [0.05, 0.1) is 24.2 Å². The molecular formula is C29H27BrN2O5S. The van der Waals surface area contributed by atoms with Crippen molar-refractivity contribution < 1.29 is 23.9 Å². The molecule has 1 heterocycles. The lowest BCUT2D eigenvalue weighted by molar-refractivity contribution is -0.123. The molecular weight excluding hydrogens is 568 g/mol. The first-order chi connectivity index (χ1) is 18.1. The normalized spacial score (nSPS) is 14.2. The Kier molecular flexibility index (Phi) is 8.58. The fourth-order valence-corrected chi connectivity index (χ4v) is 5.16. The van der Waals surface area contributed by atoms with Crippen molar-refractivity contribution in [1.82, 2.24) is 4.90 Å². The van der Waals surface area contributed by atoms with Crippen molar-refractivity contribution in [3.05, 3.63) is 91.8 Å². The van der Waals surface area contributed by atoms with Gasteiger partial charge in [0.2, 0.25) is 0 Å². The van der Waals surface area contributed by atoms with E-state index in [0.29, 0.717) is 27.7 Å². The van der Waals surface area contributed by atoms with Crippen LogP contribution in [0, 0.1) is 20.8 Å². The van der Waals surface area contributed by atoms with Gasteiger partial charge in [0.1, 0.15) is 0 Å². The highest BCUT2D eigenvalue weighted by atomic mass is 79.9. The highest BCUT2D eigenvalue weighted by molar-refractivity contribution is 9.10. The van der Waals surface area contributed by atoms with E-state index in [9.17, 15) is 14.4 Å². The molecule has 9 heteroatoms. The van der Waals surface area contributed by atoms with Crippen molar-refractivity contribution in [3.8, 4) is 11.5 Å². The molecule has 7 nitrogen and oxygen atoms in total. The Balaban J connectivity index is 1.42. The molecule has 1 aliphatic rings. The minimum absolute atomic E-state index is 0.215. The number of hydrogen-bond donors (Lipinski definition) is 1. The van der Waals surface area contributed by atoms with Gasteiger partial charge in [0.25, 0.3) is 17.1 Å². The van der Waals surface area contributed by atoms with Crippen LogP contribution in [0.25, 0.3) is 6.08 Å². The maximum absolute atomic E-state index is 12.9. The van der Waals surface area contributed by atoms with Gasteiger partial charge in [-0.25, -0.2) is 0 Å². The molecule has 1 N–H and O–H groups in total. The Labute approximate surface area is 234 Å². The first-order valence-corrected chi connectivity index (χ1v) is 13.4. The van der Waals surface area contributed by atoms with E-state index < -0.39 is 0 Å². The highest BCUT2D eigenvalue weighted by Crippen LogP contribution is 2.35. The Morgan fingerprint density at radius 3 is 2.42 bits per heavy atom. The van der Waals surface area contributed by atoms with Gasteiger partial charge in [0, 0.05) is 4.47 Å².